The maximum atomic E-state index is 13.1. The van der Waals surface area contributed by atoms with Crippen LogP contribution in [0.25, 0.3) is 5.65 Å². The third-order valence-corrected chi connectivity index (χ3v) is 8.14. The molecule has 4 aromatic rings. The highest BCUT2D eigenvalue weighted by molar-refractivity contribution is 5.58. The number of pyridine rings is 1. The predicted molar refractivity (Wildman–Crippen MR) is 125 cm³/mol. The van der Waals surface area contributed by atoms with Crippen LogP contribution in [0.2, 0.25) is 0 Å². The highest BCUT2D eigenvalue weighted by Gasteiger charge is 2.66. The Morgan fingerprint density at radius 1 is 1.24 bits per heavy atom. The fourth-order valence-corrected chi connectivity index (χ4v) is 6.19. The molecule has 3 aliphatic heterocycles. The van der Waals surface area contributed by atoms with Crippen LogP contribution in [0.4, 0.5) is 24.8 Å². The molecule has 194 valence electrons. The zero-order chi connectivity index (χ0) is 25.7. The number of hydrogen-bond donors (Lipinski definition) is 2. The molecule has 1 aliphatic carbocycles. The van der Waals surface area contributed by atoms with E-state index in [1.54, 1.807) is 4.52 Å². The molecule has 4 aliphatic rings. The Bertz CT molecular complexity index is 1520. The van der Waals surface area contributed by atoms with Gasteiger partial charge in [-0.1, -0.05) is 0 Å². The summed E-state index contributed by atoms with van der Waals surface area (Å²) in [6.07, 6.45) is 0.323. The van der Waals surface area contributed by atoms with Crippen LogP contribution in [0.1, 0.15) is 48.6 Å². The second-order valence-corrected chi connectivity index (χ2v) is 10.6. The molecule has 4 atom stereocenters. The fraction of sp³-hybridized carbons (Fsp3) is 0.522. The van der Waals surface area contributed by atoms with E-state index in [2.05, 4.69) is 25.2 Å². The van der Waals surface area contributed by atoms with Gasteiger partial charge in [0.1, 0.15) is 11.4 Å². The third-order valence-electron chi connectivity index (χ3n) is 8.14. The van der Waals surface area contributed by atoms with Gasteiger partial charge in [-0.25, -0.2) is 9.50 Å². The van der Waals surface area contributed by atoms with E-state index in [1.165, 1.54) is 10.9 Å². The quantitative estimate of drug-likeness (QED) is 0.425. The number of aryl methyl sites for hydroxylation is 1. The number of nitrogens with one attached hydrogen (secondary N) is 1. The van der Waals surface area contributed by atoms with Crippen LogP contribution in [-0.4, -0.2) is 59.3 Å². The normalized spacial score (nSPS) is 29.4. The standard InChI is InChI=1S/C23H25F3N10O/c1-12-7-14(34-6-4-21(2,11-34)36-5-3-15(32-36)23(24,25)26)9-35-18(12)29-19(33-35)22-8-13(10-37-22)16(22)17-28-20(27)31-30-17/h3,5,7,9,13,16H,4,6,8,10-11H2,1-2H3,(H3,27,28,30,31)/t13?,16?,21-,22?/m1/s1. The third kappa shape index (κ3) is 3.20. The van der Waals surface area contributed by atoms with Crippen molar-refractivity contribution in [2.75, 3.05) is 30.3 Å². The lowest BCUT2D eigenvalue weighted by atomic mass is 9.63. The minimum absolute atomic E-state index is 0.0376. The van der Waals surface area contributed by atoms with Gasteiger partial charge < -0.3 is 15.4 Å². The minimum atomic E-state index is -4.46. The molecule has 11 nitrogen and oxygen atoms in total. The van der Waals surface area contributed by atoms with E-state index < -0.39 is 23.0 Å². The molecule has 0 radical (unpaired) electrons. The molecule has 14 heteroatoms. The zero-order valence-electron chi connectivity index (χ0n) is 20.2. The summed E-state index contributed by atoms with van der Waals surface area (Å²) in [5.74, 6) is 1.75. The Hall–Kier alpha value is -3.68. The molecule has 0 amide bonds. The number of rotatable bonds is 4. The Kier molecular flexibility index (Phi) is 4.39. The number of H-pyrrole nitrogens is 1. The zero-order valence-corrected chi connectivity index (χ0v) is 20.2. The van der Waals surface area contributed by atoms with Gasteiger partial charge in [0, 0.05) is 19.3 Å². The Morgan fingerprint density at radius 3 is 2.78 bits per heavy atom. The van der Waals surface area contributed by atoms with E-state index >= 15 is 0 Å². The van der Waals surface area contributed by atoms with E-state index in [9.17, 15) is 13.2 Å². The highest BCUT2D eigenvalue weighted by Crippen LogP contribution is 2.63. The van der Waals surface area contributed by atoms with E-state index in [0.717, 1.165) is 29.4 Å². The Balaban J connectivity index is 1.18. The number of halogens is 3. The molecular weight excluding hydrogens is 489 g/mol. The maximum Gasteiger partial charge on any atom is 0.435 e. The van der Waals surface area contributed by atoms with Gasteiger partial charge >= 0.3 is 6.18 Å². The van der Waals surface area contributed by atoms with Crippen LogP contribution in [0.15, 0.2) is 24.5 Å². The maximum absolute atomic E-state index is 13.1. The number of aromatic nitrogens is 8. The SMILES string of the molecule is Cc1cc(N2CC[C@@](C)(n3ccc(C(F)(F)F)n3)C2)cn2nc(C34CC(CO3)C4c3nc(N)n[nH]3)nc12. The molecule has 3 unspecified atom stereocenters. The lowest BCUT2D eigenvalue weighted by molar-refractivity contribution is -0.141. The first kappa shape index (κ1) is 22.5. The summed E-state index contributed by atoms with van der Waals surface area (Å²) in [6.45, 7) is 5.69. The summed E-state index contributed by atoms with van der Waals surface area (Å²) in [5, 5.41) is 15.5. The van der Waals surface area contributed by atoms with Crippen molar-refractivity contribution >= 4 is 17.3 Å². The molecule has 0 aromatic carbocycles. The van der Waals surface area contributed by atoms with Crippen LogP contribution < -0.4 is 10.6 Å². The Morgan fingerprint density at radius 2 is 2.08 bits per heavy atom. The topological polar surface area (TPSA) is 128 Å². The molecule has 8 rings (SSSR count). The molecule has 37 heavy (non-hydrogen) atoms. The summed E-state index contributed by atoms with van der Waals surface area (Å²) in [4.78, 5) is 11.3. The van der Waals surface area contributed by atoms with Gasteiger partial charge in [0.15, 0.2) is 17.2 Å². The van der Waals surface area contributed by atoms with Crippen molar-refractivity contribution in [1.29, 1.82) is 0 Å². The number of nitrogens with two attached hydrogens (primary N) is 1. The fourth-order valence-electron chi connectivity index (χ4n) is 6.19. The number of nitrogens with zero attached hydrogens (tertiary/aromatic N) is 8. The van der Waals surface area contributed by atoms with Gasteiger partial charge in [-0.2, -0.15) is 23.3 Å². The first-order chi connectivity index (χ1) is 17.6. The highest BCUT2D eigenvalue weighted by atomic mass is 19.4. The van der Waals surface area contributed by atoms with Gasteiger partial charge in [0.25, 0.3) is 0 Å². The number of ether oxygens (including phenoxy) is 1. The summed E-state index contributed by atoms with van der Waals surface area (Å²) < 4.78 is 48.7. The van der Waals surface area contributed by atoms with Crippen LogP contribution >= 0.6 is 0 Å². The molecule has 7 heterocycles. The largest absolute Gasteiger partial charge is 0.435 e. The molecule has 1 saturated carbocycles. The van der Waals surface area contributed by atoms with Gasteiger partial charge in [0.2, 0.25) is 5.95 Å². The van der Waals surface area contributed by atoms with Gasteiger partial charge in [-0.3, -0.25) is 9.78 Å². The number of anilines is 2. The van der Waals surface area contributed by atoms with Crippen molar-refractivity contribution in [1.82, 2.24) is 39.6 Å². The lowest BCUT2D eigenvalue weighted by Gasteiger charge is -2.41. The number of nitrogen functional groups attached to an aromatic ring is 1. The number of hydrogen-bond acceptors (Lipinski definition) is 8. The van der Waals surface area contributed by atoms with Crippen LogP contribution in [-0.2, 0) is 22.1 Å². The van der Waals surface area contributed by atoms with Crippen molar-refractivity contribution in [3.63, 3.8) is 0 Å². The Labute approximate surface area is 208 Å². The van der Waals surface area contributed by atoms with Gasteiger partial charge in [-0.05, 0) is 50.3 Å². The number of fused-ring (bicyclic) bond motifs is 2. The summed E-state index contributed by atoms with van der Waals surface area (Å²) in [5.41, 5.74) is 6.21. The molecule has 4 fully saturated rings. The molecule has 3 saturated heterocycles. The number of alkyl halides is 3. The van der Waals surface area contributed by atoms with Crippen LogP contribution in [0.3, 0.4) is 0 Å². The average Bonchev–Trinajstić information content (AvgIpc) is 3.62. The number of aromatic amines is 1. The molecule has 3 N–H and O–H groups in total. The first-order valence-corrected chi connectivity index (χ1v) is 12.1. The second kappa shape index (κ2) is 7.21. The van der Waals surface area contributed by atoms with Crippen molar-refractivity contribution < 1.29 is 17.9 Å². The van der Waals surface area contributed by atoms with Crippen molar-refractivity contribution in [2.45, 2.75) is 49.9 Å². The predicted octanol–water partition coefficient (Wildman–Crippen LogP) is 2.61. The van der Waals surface area contributed by atoms with E-state index in [4.69, 9.17) is 20.6 Å². The first-order valence-electron chi connectivity index (χ1n) is 12.1. The molecular formula is C23H25F3N10O. The van der Waals surface area contributed by atoms with Gasteiger partial charge in [-0.15, -0.1) is 10.2 Å². The van der Waals surface area contributed by atoms with Crippen LogP contribution in [0.5, 0.6) is 0 Å². The molecule has 0 spiro atoms. The monoisotopic (exact) mass is 514 g/mol. The van der Waals surface area contributed by atoms with Crippen molar-refractivity contribution in [3.05, 3.63) is 47.4 Å². The minimum Gasteiger partial charge on any atom is -0.368 e. The summed E-state index contributed by atoms with van der Waals surface area (Å²) in [7, 11) is 0. The lowest BCUT2D eigenvalue weighted by Crippen LogP contribution is -2.44. The van der Waals surface area contributed by atoms with Crippen molar-refractivity contribution in [2.24, 2.45) is 5.92 Å². The second-order valence-electron chi connectivity index (χ2n) is 10.6. The van der Waals surface area contributed by atoms with Crippen LogP contribution in [0, 0.1) is 12.8 Å². The average molecular weight is 515 g/mol. The smallest absolute Gasteiger partial charge is 0.368 e. The molecule has 2 bridgehead atoms. The van der Waals surface area contributed by atoms with Crippen molar-refractivity contribution in [3.8, 4) is 0 Å². The van der Waals surface area contributed by atoms with E-state index in [0.29, 0.717) is 43.7 Å². The van der Waals surface area contributed by atoms with E-state index in [-0.39, 0.29) is 11.9 Å². The van der Waals surface area contributed by atoms with E-state index in [1.807, 2.05) is 26.1 Å². The summed E-state index contributed by atoms with van der Waals surface area (Å²) in [6, 6.07) is 3.06. The van der Waals surface area contributed by atoms with Gasteiger partial charge in [0.05, 0.1) is 29.9 Å². The molecule has 4 aromatic heterocycles. The summed E-state index contributed by atoms with van der Waals surface area (Å²) >= 11 is 0.